The number of nitrogens with zero attached hydrogens (tertiary/aromatic N) is 1. The van der Waals surface area contributed by atoms with Crippen molar-refractivity contribution in [2.75, 3.05) is 0 Å². The molecule has 0 spiro atoms. The molecule has 2 aromatic carbocycles. The van der Waals surface area contributed by atoms with Gasteiger partial charge in [0.2, 0.25) is 0 Å². The lowest BCUT2D eigenvalue weighted by Crippen LogP contribution is -2.19. The first kappa shape index (κ1) is 12.4. The van der Waals surface area contributed by atoms with Crippen molar-refractivity contribution in [3.8, 4) is 6.07 Å². The highest BCUT2D eigenvalue weighted by Crippen LogP contribution is 2.32. The van der Waals surface area contributed by atoms with Gasteiger partial charge < -0.3 is 0 Å². The van der Waals surface area contributed by atoms with E-state index in [1.807, 2.05) is 36.4 Å². The molecule has 96 valence electrons. The molecule has 0 amide bonds. The molecule has 1 fully saturated rings. The lowest BCUT2D eigenvalue weighted by atomic mass is 10.1. The maximum atomic E-state index is 12.6. The van der Waals surface area contributed by atoms with E-state index in [0.717, 1.165) is 34.9 Å². The number of fused-ring (bicyclic) bond motifs is 1. The van der Waals surface area contributed by atoms with Crippen molar-refractivity contribution in [1.82, 2.24) is 0 Å². The Morgan fingerprint density at radius 2 is 1.89 bits per heavy atom. The Hall–Kier alpha value is -1.66. The van der Waals surface area contributed by atoms with Crippen LogP contribution in [0.3, 0.4) is 0 Å². The van der Waals surface area contributed by atoms with Gasteiger partial charge in [0.1, 0.15) is 0 Å². The van der Waals surface area contributed by atoms with Crippen molar-refractivity contribution < 1.29 is 4.21 Å². The number of rotatable bonds is 2. The average Bonchev–Trinajstić information content (AvgIpc) is 2.94. The standard InChI is InChI=1S/C16H15NOS/c17-11-14-6-3-7-16(14)19(18)15-9-8-12-4-1-2-5-13(12)10-15/h1-2,4-5,8-10,14,16H,3,6-7H2. The second-order valence-electron chi connectivity index (χ2n) is 5.01. The summed E-state index contributed by atoms with van der Waals surface area (Å²) in [5.41, 5.74) is 0. The van der Waals surface area contributed by atoms with E-state index in [1.54, 1.807) is 0 Å². The molecule has 0 saturated heterocycles. The van der Waals surface area contributed by atoms with Crippen molar-refractivity contribution in [1.29, 1.82) is 5.26 Å². The molecule has 1 aliphatic rings. The minimum Gasteiger partial charge on any atom is -0.254 e. The van der Waals surface area contributed by atoms with Crippen LogP contribution in [0, 0.1) is 17.2 Å². The van der Waals surface area contributed by atoms with Crippen molar-refractivity contribution in [3.63, 3.8) is 0 Å². The van der Waals surface area contributed by atoms with Crippen LogP contribution in [0.15, 0.2) is 47.4 Å². The van der Waals surface area contributed by atoms with Crippen molar-refractivity contribution in [2.24, 2.45) is 5.92 Å². The molecule has 3 heteroatoms. The van der Waals surface area contributed by atoms with Gasteiger partial charge in [-0.05, 0) is 35.7 Å². The first-order chi connectivity index (χ1) is 9.29. The molecule has 0 N–H and O–H groups in total. The summed E-state index contributed by atoms with van der Waals surface area (Å²) in [6, 6.07) is 16.3. The van der Waals surface area contributed by atoms with E-state index in [4.69, 9.17) is 5.26 Å². The Labute approximate surface area is 115 Å². The summed E-state index contributed by atoms with van der Waals surface area (Å²) in [5.74, 6) is -0.0488. The zero-order valence-electron chi connectivity index (χ0n) is 10.6. The van der Waals surface area contributed by atoms with Crippen LogP contribution in [0.1, 0.15) is 19.3 Å². The van der Waals surface area contributed by atoms with Gasteiger partial charge in [-0.2, -0.15) is 5.26 Å². The maximum Gasteiger partial charge on any atom is 0.0668 e. The van der Waals surface area contributed by atoms with Crippen molar-refractivity contribution in [2.45, 2.75) is 29.4 Å². The Morgan fingerprint density at radius 3 is 2.68 bits per heavy atom. The van der Waals surface area contributed by atoms with E-state index in [-0.39, 0.29) is 11.2 Å². The molecule has 3 unspecified atom stereocenters. The van der Waals surface area contributed by atoms with Crippen molar-refractivity contribution >= 4 is 21.6 Å². The van der Waals surface area contributed by atoms with Gasteiger partial charge in [0.05, 0.1) is 28.0 Å². The Balaban J connectivity index is 1.96. The maximum absolute atomic E-state index is 12.6. The van der Waals surface area contributed by atoms with Gasteiger partial charge in [0.25, 0.3) is 0 Å². The summed E-state index contributed by atoms with van der Waals surface area (Å²) in [7, 11) is -1.07. The molecule has 1 aliphatic carbocycles. The van der Waals surface area contributed by atoms with Gasteiger partial charge in [-0.3, -0.25) is 4.21 Å². The number of hydrogen-bond acceptors (Lipinski definition) is 2. The SMILES string of the molecule is N#CC1CCCC1S(=O)c1ccc2ccccc2c1. The van der Waals surface area contributed by atoms with E-state index in [0.29, 0.717) is 0 Å². The van der Waals surface area contributed by atoms with Crippen LogP contribution >= 0.6 is 0 Å². The minimum absolute atomic E-state index is 0.00571. The molecule has 0 bridgehead atoms. The molecular formula is C16H15NOS. The van der Waals surface area contributed by atoms with E-state index in [9.17, 15) is 4.21 Å². The predicted octanol–water partition coefficient (Wildman–Crippen LogP) is 3.64. The first-order valence-corrected chi connectivity index (χ1v) is 7.80. The van der Waals surface area contributed by atoms with E-state index < -0.39 is 10.8 Å². The summed E-state index contributed by atoms with van der Waals surface area (Å²) in [4.78, 5) is 0.853. The molecule has 0 heterocycles. The molecule has 2 aromatic rings. The normalized spacial score (nSPS) is 24.2. The Morgan fingerprint density at radius 1 is 1.11 bits per heavy atom. The fraction of sp³-hybridized carbons (Fsp3) is 0.312. The Bertz CT molecular complexity index is 674. The molecule has 0 aliphatic heterocycles. The van der Waals surface area contributed by atoms with Crippen LogP contribution < -0.4 is 0 Å². The van der Waals surface area contributed by atoms with Gasteiger partial charge >= 0.3 is 0 Å². The third-order valence-corrected chi connectivity index (χ3v) is 5.68. The van der Waals surface area contributed by atoms with Gasteiger partial charge in [-0.25, -0.2) is 0 Å². The third kappa shape index (κ3) is 2.29. The zero-order chi connectivity index (χ0) is 13.2. The Kier molecular flexibility index (Phi) is 3.35. The van der Waals surface area contributed by atoms with Gasteiger partial charge in [0.15, 0.2) is 0 Å². The molecular weight excluding hydrogens is 254 g/mol. The highest BCUT2D eigenvalue weighted by Gasteiger charge is 2.32. The molecule has 3 rings (SSSR count). The van der Waals surface area contributed by atoms with E-state index in [1.165, 1.54) is 0 Å². The molecule has 19 heavy (non-hydrogen) atoms. The second-order valence-corrected chi connectivity index (χ2v) is 6.68. The van der Waals surface area contributed by atoms with Crippen LogP contribution in [0.4, 0.5) is 0 Å². The van der Waals surface area contributed by atoms with Crippen LogP contribution in [0.5, 0.6) is 0 Å². The summed E-state index contributed by atoms with van der Waals surface area (Å²) in [6.07, 6.45) is 2.81. The van der Waals surface area contributed by atoms with E-state index in [2.05, 4.69) is 12.1 Å². The fourth-order valence-corrected chi connectivity index (χ4v) is 4.47. The summed E-state index contributed by atoms with van der Waals surface area (Å²) < 4.78 is 12.6. The van der Waals surface area contributed by atoms with E-state index >= 15 is 0 Å². The number of hydrogen-bond donors (Lipinski definition) is 0. The molecule has 0 aromatic heterocycles. The van der Waals surface area contributed by atoms with Crippen molar-refractivity contribution in [3.05, 3.63) is 42.5 Å². The second kappa shape index (κ2) is 5.14. The van der Waals surface area contributed by atoms with Gasteiger partial charge in [-0.15, -0.1) is 0 Å². The van der Waals surface area contributed by atoms with Crippen LogP contribution in [0.2, 0.25) is 0 Å². The molecule has 3 atom stereocenters. The number of nitriles is 1. The topological polar surface area (TPSA) is 40.9 Å². The van der Waals surface area contributed by atoms with Crippen LogP contribution in [0.25, 0.3) is 10.8 Å². The van der Waals surface area contributed by atoms with Gasteiger partial charge in [-0.1, -0.05) is 36.8 Å². The highest BCUT2D eigenvalue weighted by molar-refractivity contribution is 7.85. The lowest BCUT2D eigenvalue weighted by Gasteiger charge is -2.13. The summed E-state index contributed by atoms with van der Waals surface area (Å²) in [5, 5.41) is 11.4. The van der Waals surface area contributed by atoms with Crippen LogP contribution in [-0.2, 0) is 10.8 Å². The summed E-state index contributed by atoms with van der Waals surface area (Å²) in [6.45, 7) is 0. The van der Waals surface area contributed by atoms with Gasteiger partial charge in [0, 0.05) is 4.90 Å². The predicted molar refractivity (Wildman–Crippen MR) is 77.1 cm³/mol. The fourth-order valence-electron chi connectivity index (χ4n) is 2.80. The number of benzene rings is 2. The monoisotopic (exact) mass is 269 g/mol. The lowest BCUT2D eigenvalue weighted by molar-refractivity contribution is 0.646. The average molecular weight is 269 g/mol. The molecule has 2 nitrogen and oxygen atoms in total. The smallest absolute Gasteiger partial charge is 0.0668 e. The third-order valence-electron chi connectivity index (χ3n) is 3.85. The van der Waals surface area contributed by atoms with Crippen LogP contribution in [-0.4, -0.2) is 9.46 Å². The minimum atomic E-state index is -1.07. The zero-order valence-corrected chi connectivity index (χ0v) is 11.4. The molecule has 0 radical (unpaired) electrons. The first-order valence-electron chi connectivity index (χ1n) is 6.58. The summed E-state index contributed by atoms with van der Waals surface area (Å²) >= 11 is 0. The quantitative estimate of drug-likeness (QED) is 0.835. The molecule has 1 saturated carbocycles. The largest absolute Gasteiger partial charge is 0.254 e. The highest BCUT2D eigenvalue weighted by atomic mass is 32.2.